The summed E-state index contributed by atoms with van der Waals surface area (Å²) >= 11 is 0. The number of hydrogen-bond donors (Lipinski definition) is 2. The van der Waals surface area contributed by atoms with Crippen LogP contribution in [-0.2, 0) is 16.0 Å². The molecule has 2 rings (SSSR count). The summed E-state index contributed by atoms with van der Waals surface area (Å²) in [4.78, 5) is 23.9. The Morgan fingerprint density at radius 3 is 2.73 bits per heavy atom. The minimum absolute atomic E-state index is 0.101. The maximum absolute atomic E-state index is 12.3. The van der Waals surface area contributed by atoms with Gasteiger partial charge in [0.15, 0.2) is 6.04 Å². The molecule has 6 heteroatoms. The van der Waals surface area contributed by atoms with Gasteiger partial charge in [0.1, 0.15) is 11.4 Å². The molecule has 0 aliphatic heterocycles. The molecule has 0 fully saturated rings. The van der Waals surface area contributed by atoms with Crippen molar-refractivity contribution in [2.45, 2.75) is 58.2 Å². The molecule has 0 heterocycles. The first kappa shape index (κ1) is 19.8. The third kappa shape index (κ3) is 5.24. The summed E-state index contributed by atoms with van der Waals surface area (Å²) in [6.07, 6.45) is 6.70. The number of carbonyl (C=O) groups is 2. The minimum Gasteiger partial charge on any atom is -0.458 e. The van der Waals surface area contributed by atoms with Gasteiger partial charge in [-0.1, -0.05) is 12.0 Å². The van der Waals surface area contributed by atoms with Crippen molar-refractivity contribution < 1.29 is 19.1 Å². The van der Waals surface area contributed by atoms with Gasteiger partial charge in [-0.3, -0.25) is 5.32 Å². The van der Waals surface area contributed by atoms with E-state index in [4.69, 9.17) is 15.9 Å². The summed E-state index contributed by atoms with van der Waals surface area (Å²) in [6.45, 7) is 7.71. The lowest BCUT2D eigenvalue weighted by Gasteiger charge is -2.24. The van der Waals surface area contributed by atoms with Gasteiger partial charge in [0.05, 0.1) is 0 Å². The Morgan fingerprint density at radius 2 is 2.12 bits per heavy atom. The zero-order chi connectivity index (χ0) is 19.3. The van der Waals surface area contributed by atoms with Crippen LogP contribution in [0.4, 0.5) is 4.79 Å². The summed E-state index contributed by atoms with van der Waals surface area (Å²) in [6, 6.07) is 4.58. The van der Waals surface area contributed by atoms with E-state index in [0.29, 0.717) is 12.3 Å². The third-order valence-electron chi connectivity index (χ3n) is 3.90. The lowest BCUT2D eigenvalue weighted by molar-refractivity contribution is -0.156. The number of ether oxygens (including phenoxy) is 2. The fourth-order valence-electron chi connectivity index (χ4n) is 2.85. The maximum atomic E-state index is 12.3. The van der Waals surface area contributed by atoms with Gasteiger partial charge in [-0.2, -0.15) is 0 Å². The van der Waals surface area contributed by atoms with Gasteiger partial charge in [0.25, 0.3) is 0 Å². The van der Waals surface area contributed by atoms with Crippen molar-refractivity contribution in [3.05, 3.63) is 29.3 Å². The van der Waals surface area contributed by atoms with Gasteiger partial charge < -0.3 is 14.8 Å². The van der Waals surface area contributed by atoms with E-state index in [-0.39, 0.29) is 6.04 Å². The molecule has 6 nitrogen and oxygen atoms in total. The van der Waals surface area contributed by atoms with Gasteiger partial charge in [-0.15, -0.1) is 6.42 Å². The van der Waals surface area contributed by atoms with E-state index < -0.39 is 23.7 Å². The second kappa shape index (κ2) is 8.24. The van der Waals surface area contributed by atoms with Crippen LogP contribution in [0.25, 0.3) is 0 Å². The number of carbonyl (C=O) groups excluding carboxylic acids is 2. The highest BCUT2D eigenvalue weighted by atomic mass is 16.6. The molecule has 0 aromatic heterocycles. The molecule has 1 amide bonds. The number of terminal acetylenes is 1. The van der Waals surface area contributed by atoms with E-state index in [2.05, 4.69) is 16.6 Å². The van der Waals surface area contributed by atoms with E-state index in [1.165, 1.54) is 0 Å². The first-order valence-corrected chi connectivity index (χ1v) is 8.77. The number of hydrogen-bond acceptors (Lipinski definition) is 5. The third-order valence-corrected chi connectivity index (χ3v) is 3.90. The minimum atomic E-state index is -0.835. The molecule has 1 aliphatic carbocycles. The second-order valence-corrected chi connectivity index (χ2v) is 7.17. The van der Waals surface area contributed by atoms with Crippen LogP contribution < -0.4 is 15.4 Å². The number of amides is 1. The molecule has 2 N–H and O–H groups in total. The molecule has 1 unspecified atom stereocenters. The Kier molecular flexibility index (Phi) is 6.27. The average molecular weight is 358 g/mol. The van der Waals surface area contributed by atoms with E-state index in [1.807, 2.05) is 19.1 Å². The largest absolute Gasteiger partial charge is 0.458 e. The molecule has 1 aromatic carbocycles. The van der Waals surface area contributed by atoms with Crippen molar-refractivity contribution >= 4 is 12.1 Å². The summed E-state index contributed by atoms with van der Waals surface area (Å²) in [5.41, 5.74) is 1.52. The molecule has 1 aromatic rings. The predicted octanol–water partition coefficient (Wildman–Crippen LogP) is 2.72. The normalized spacial score (nSPS) is 17.0. The second-order valence-electron chi connectivity index (χ2n) is 7.17. The fourth-order valence-corrected chi connectivity index (χ4v) is 2.85. The van der Waals surface area contributed by atoms with Crippen molar-refractivity contribution in [3.8, 4) is 18.1 Å². The Labute approximate surface area is 154 Å². The Hall–Kier alpha value is -2.52. The van der Waals surface area contributed by atoms with Gasteiger partial charge in [0, 0.05) is 12.6 Å². The molecule has 140 valence electrons. The molecule has 0 bridgehead atoms. The molecule has 0 saturated carbocycles. The molecule has 2 atom stereocenters. The first-order chi connectivity index (χ1) is 12.2. The lowest BCUT2D eigenvalue weighted by Crippen LogP contribution is -2.41. The quantitative estimate of drug-likeness (QED) is 0.625. The molecule has 0 radical (unpaired) electrons. The SMILES string of the molecule is C#C[C@@H](NC1CCc2ccc(OC(=O)NCC)cc21)C(=O)OC(C)(C)C. The molecular formula is C20H26N2O4. The van der Waals surface area contributed by atoms with Crippen LogP contribution in [0.1, 0.15) is 51.3 Å². The molecular weight excluding hydrogens is 332 g/mol. The maximum Gasteiger partial charge on any atom is 0.412 e. The first-order valence-electron chi connectivity index (χ1n) is 8.77. The van der Waals surface area contributed by atoms with Crippen LogP contribution in [0.5, 0.6) is 5.75 Å². The highest BCUT2D eigenvalue weighted by Crippen LogP contribution is 2.34. The van der Waals surface area contributed by atoms with Crippen LogP contribution in [-0.4, -0.2) is 30.3 Å². The standard InChI is InChI=1S/C20H26N2O4/c1-6-16(18(23)26-20(3,4)5)22-17-11-9-13-8-10-14(12-15(13)17)25-19(24)21-7-2/h1,8,10,12,16-17,22H,7,9,11H2,2-5H3,(H,21,24)/t16-,17?/m1/s1. The highest BCUT2D eigenvalue weighted by Gasteiger charge is 2.30. The number of nitrogens with one attached hydrogen (secondary N) is 2. The van der Waals surface area contributed by atoms with Gasteiger partial charge in [-0.05, 0) is 63.8 Å². The Morgan fingerprint density at radius 1 is 1.38 bits per heavy atom. The lowest BCUT2D eigenvalue weighted by atomic mass is 10.1. The Bertz CT molecular complexity index is 716. The topological polar surface area (TPSA) is 76.7 Å². The van der Waals surface area contributed by atoms with E-state index >= 15 is 0 Å². The number of fused-ring (bicyclic) bond motifs is 1. The van der Waals surface area contributed by atoms with Crippen LogP contribution in [0, 0.1) is 12.3 Å². The van der Waals surface area contributed by atoms with Crippen molar-refractivity contribution in [1.82, 2.24) is 10.6 Å². The van der Waals surface area contributed by atoms with Crippen molar-refractivity contribution in [3.63, 3.8) is 0 Å². The smallest absolute Gasteiger partial charge is 0.412 e. The van der Waals surface area contributed by atoms with Crippen molar-refractivity contribution in [2.75, 3.05) is 6.54 Å². The van der Waals surface area contributed by atoms with E-state index in [9.17, 15) is 9.59 Å². The monoisotopic (exact) mass is 358 g/mol. The van der Waals surface area contributed by atoms with Crippen LogP contribution in [0.2, 0.25) is 0 Å². The van der Waals surface area contributed by atoms with E-state index in [0.717, 1.165) is 24.0 Å². The average Bonchev–Trinajstić information content (AvgIpc) is 2.93. The number of rotatable bonds is 5. The zero-order valence-corrected chi connectivity index (χ0v) is 15.7. The molecule has 0 saturated heterocycles. The van der Waals surface area contributed by atoms with Gasteiger partial charge in [0.2, 0.25) is 0 Å². The van der Waals surface area contributed by atoms with Crippen LogP contribution in [0.3, 0.4) is 0 Å². The molecule has 26 heavy (non-hydrogen) atoms. The van der Waals surface area contributed by atoms with Crippen molar-refractivity contribution in [1.29, 1.82) is 0 Å². The highest BCUT2D eigenvalue weighted by molar-refractivity contribution is 5.79. The van der Waals surface area contributed by atoms with Crippen LogP contribution in [0.15, 0.2) is 18.2 Å². The number of benzene rings is 1. The number of aryl methyl sites for hydroxylation is 1. The predicted molar refractivity (Wildman–Crippen MR) is 98.8 cm³/mol. The fraction of sp³-hybridized carbons (Fsp3) is 0.500. The van der Waals surface area contributed by atoms with E-state index in [1.54, 1.807) is 26.8 Å². The van der Waals surface area contributed by atoms with Crippen molar-refractivity contribution in [2.24, 2.45) is 0 Å². The van der Waals surface area contributed by atoms with Gasteiger partial charge >= 0.3 is 12.1 Å². The van der Waals surface area contributed by atoms with Gasteiger partial charge in [-0.25, -0.2) is 9.59 Å². The number of esters is 1. The molecule has 0 spiro atoms. The molecule has 1 aliphatic rings. The summed E-state index contributed by atoms with van der Waals surface area (Å²) in [5, 5.41) is 5.77. The zero-order valence-electron chi connectivity index (χ0n) is 15.7. The summed E-state index contributed by atoms with van der Waals surface area (Å²) in [5.74, 6) is 2.45. The van der Waals surface area contributed by atoms with Crippen LogP contribution >= 0.6 is 0 Å². The summed E-state index contributed by atoms with van der Waals surface area (Å²) < 4.78 is 10.6. The Balaban J connectivity index is 2.11. The summed E-state index contributed by atoms with van der Waals surface area (Å²) in [7, 11) is 0.